The topological polar surface area (TPSA) is 29.1 Å². The van der Waals surface area contributed by atoms with Gasteiger partial charge in [0.05, 0.1) is 6.42 Å². The number of hydrogen-bond acceptors (Lipinski definition) is 1. The first kappa shape index (κ1) is 18.7. The highest BCUT2D eigenvalue weighted by molar-refractivity contribution is 6.01. The van der Waals surface area contributed by atoms with Gasteiger partial charge in [0.1, 0.15) is 5.82 Å². The summed E-state index contributed by atoms with van der Waals surface area (Å²) in [6.07, 6.45) is 11.0. The number of benzene rings is 2. The maximum atomic E-state index is 13.9. The number of amides is 1. The molecule has 1 N–H and O–H groups in total. The second-order valence-electron chi connectivity index (χ2n) is 7.82. The molecule has 144 valence electrons. The third-order valence-electron chi connectivity index (χ3n) is 5.72. The van der Waals surface area contributed by atoms with Crippen LogP contribution in [-0.4, -0.2) is 5.91 Å². The Labute approximate surface area is 166 Å². The molecule has 0 saturated heterocycles. The molecule has 4 rings (SSSR count). The first-order valence-electron chi connectivity index (χ1n) is 10.2. The molecule has 0 heterocycles. The van der Waals surface area contributed by atoms with Crippen molar-refractivity contribution in [3.8, 4) is 0 Å². The van der Waals surface area contributed by atoms with E-state index in [9.17, 15) is 9.18 Å². The number of allylic oxidation sites excluding steroid dienone is 3. The van der Waals surface area contributed by atoms with E-state index in [1.54, 1.807) is 6.07 Å². The van der Waals surface area contributed by atoms with Gasteiger partial charge in [-0.1, -0.05) is 67.8 Å². The van der Waals surface area contributed by atoms with Crippen LogP contribution in [0.5, 0.6) is 0 Å². The van der Waals surface area contributed by atoms with Gasteiger partial charge >= 0.3 is 0 Å². The van der Waals surface area contributed by atoms with E-state index in [1.165, 1.54) is 38.2 Å². The molecule has 2 aromatic rings. The van der Waals surface area contributed by atoms with E-state index >= 15 is 0 Å². The van der Waals surface area contributed by atoms with Crippen LogP contribution in [0.15, 0.2) is 60.7 Å². The number of rotatable bonds is 5. The van der Waals surface area contributed by atoms with Crippen molar-refractivity contribution < 1.29 is 9.18 Å². The zero-order chi connectivity index (χ0) is 19.3. The number of halogens is 1. The number of hydrogen-bond donors (Lipinski definition) is 1. The minimum Gasteiger partial charge on any atom is -0.352 e. The maximum absolute atomic E-state index is 13.9. The molecule has 1 fully saturated rings. The summed E-state index contributed by atoms with van der Waals surface area (Å²) in [4.78, 5) is 12.5. The highest BCUT2D eigenvalue weighted by Crippen LogP contribution is 2.39. The lowest BCUT2D eigenvalue weighted by Crippen LogP contribution is -2.22. The van der Waals surface area contributed by atoms with Gasteiger partial charge < -0.3 is 5.32 Å². The number of carbonyl (C=O) groups excluding carboxylic acids is 1. The summed E-state index contributed by atoms with van der Waals surface area (Å²) < 4.78 is 13.9. The summed E-state index contributed by atoms with van der Waals surface area (Å²) in [5.74, 6) is 0.293. The Balaban J connectivity index is 1.50. The molecule has 0 radical (unpaired) electrons. The number of fused-ring (bicyclic) bond motifs is 1. The predicted octanol–water partition coefficient (Wildman–Crippen LogP) is 5.89. The summed E-state index contributed by atoms with van der Waals surface area (Å²) in [6, 6.07) is 14.8. The zero-order valence-electron chi connectivity index (χ0n) is 16.1. The molecule has 0 spiro atoms. The Morgan fingerprint density at radius 3 is 2.61 bits per heavy atom. The molecule has 0 atom stereocenters. The molecule has 0 bridgehead atoms. The molecule has 0 aromatic heterocycles. The summed E-state index contributed by atoms with van der Waals surface area (Å²) in [7, 11) is 0. The fourth-order valence-electron chi connectivity index (χ4n) is 4.25. The maximum Gasteiger partial charge on any atom is 0.224 e. The average molecular weight is 375 g/mol. The van der Waals surface area contributed by atoms with E-state index in [-0.39, 0.29) is 18.1 Å². The van der Waals surface area contributed by atoms with Crippen molar-refractivity contribution in [1.29, 1.82) is 0 Å². The number of carbonyl (C=O) groups is 1. The summed E-state index contributed by atoms with van der Waals surface area (Å²) in [5, 5.41) is 2.97. The highest BCUT2D eigenvalue weighted by Gasteiger charge is 2.22. The lowest BCUT2D eigenvalue weighted by atomic mass is 9.87. The van der Waals surface area contributed by atoms with Gasteiger partial charge in [0.25, 0.3) is 0 Å². The average Bonchev–Trinajstić information content (AvgIpc) is 3.04. The zero-order valence-corrected chi connectivity index (χ0v) is 16.1. The van der Waals surface area contributed by atoms with Crippen LogP contribution in [0.25, 0.3) is 11.1 Å². The van der Waals surface area contributed by atoms with Gasteiger partial charge in [-0.3, -0.25) is 4.79 Å². The molecule has 2 aliphatic rings. The van der Waals surface area contributed by atoms with Gasteiger partial charge in [-0.25, -0.2) is 4.39 Å². The third kappa shape index (κ3) is 4.41. The van der Waals surface area contributed by atoms with Crippen LogP contribution in [0.2, 0.25) is 0 Å². The molecule has 0 aliphatic heterocycles. The standard InChI is InChI=1S/C25H26FNO/c26-22-11-12-23-20(13-18-7-3-1-4-8-18)14-21(24(23)16-22)15-25(28)27-17-19-9-5-2-6-10-19/h2,5-6,9-14,16,18H,1,3-4,7-8,15,17H2,(H,27,28). The molecular formula is C25H26FNO. The SMILES string of the molecule is O=C(CC1=CC(=CC2CCCCC2)c2ccc(F)cc21)NCc1ccccc1. The fourth-order valence-corrected chi connectivity index (χ4v) is 4.25. The molecule has 3 heteroatoms. The van der Waals surface area contributed by atoms with Crippen molar-refractivity contribution in [2.45, 2.75) is 45.1 Å². The molecule has 1 amide bonds. The molecule has 0 unspecified atom stereocenters. The monoisotopic (exact) mass is 375 g/mol. The lowest BCUT2D eigenvalue weighted by Gasteiger charge is -2.18. The first-order chi connectivity index (χ1) is 13.7. The minimum absolute atomic E-state index is 0.0377. The van der Waals surface area contributed by atoms with Crippen LogP contribution < -0.4 is 5.32 Å². The number of nitrogens with one attached hydrogen (secondary N) is 1. The van der Waals surface area contributed by atoms with Gasteiger partial charge in [0.2, 0.25) is 5.91 Å². The smallest absolute Gasteiger partial charge is 0.224 e. The molecule has 2 aliphatic carbocycles. The molecular weight excluding hydrogens is 349 g/mol. The molecule has 2 aromatic carbocycles. The largest absolute Gasteiger partial charge is 0.352 e. The highest BCUT2D eigenvalue weighted by atomic mass is 19.1. The van der Waals surface area contributed by atoms with Gasteiger partial charge in [0.15, 0.2) is 0 Å². The van der Waals surface area contributed by atoms with Crippen LogP contribution in [0, 0.1) is 11.7 Å². The van der Waals surface area contributed by atoms with Gasteiger partial charge in [-0.2, -0.15) is 0 Å². The van der Waals surface area contributed by atoms with Crippen LogP contribution in [0.3, 0.4) is 0 Å². The van der Waals surface area contributed by atoms with E-state index < -0.39 is 0 Å². The fraction of sp³-hybridized carbons (Fsp3) is 0.320. The third-order valence-corrected chi connectivity index (χ3v) is 5.72. The van der Waals surface area contributed by atoms with Crippen molar-refractivity contribution in [2.75, 3.05) is 0 Å². The normalized spacial score (nSPS) is 18.0. The Kier molecular flexibility index (Phi) is 5.70. The van der Waals surface area contributed by atoms with Gasteiger partial charge in [0, 0.05) is 6.54 Å². The van der Waals surface area contributed by atoms with Crippen molar-refractivity contribution in [3.63, 3.8) is 0 Å². The van der Waals surface area contributed by atoms with Crippen LogP contribution >= 0.6 is 0 Å². The van der Waals surface area contributed by atoms with E-state index in [2.05, 4.69) is 17.5 Å². The molecule has 1 saturated carbocycles. The minimum atomic E-state index is -0.256. The summed E-state index contributed by atoms with van der Waals surface area (Å²) >= 11 is 0. The van der Waals surface area contributed by atoms with Crippen molar-refractivity contribution in [1.82, 2.24) is 5.32 Å². The van der Waals surface area contributed by atoms with Crippen molar-refractivity contribution >= 4 is 17.1 Å². The van der Waals surface area contributed by atoms with E-state index in [0.29, 0.717) is 12.5 Å². The van der Waals surface area contributed by atoms with Crippen molar-refractivity contribution in [2.24, 2.45) is 5.92 Å². The Bertz CT molecular complexity index is 907. The van der Waals surface area contributed by atoms with E-state index in [0.717, 1.165) is 27.8 Å². The Morgan fingerprint density at radius 2 is 1.82 bits per heavy atom. The van der Waals surface area contributed by atoms with Crippen LogP contribution in [-0.2, 0) is 11.3 Å². The van der Waals surface area contributed by atoms with Gasteiger partial charge in [-0.05, 0) is 58.7 Å². The molecule has 28 heavy (non-hydrogen) atoms. The summed E-state index contributed by atoms with van der Waals surface area (Å²) in [6.45, 7) is 0.508. The lowest BCUT2D eigenvalue weighted by molar-refractivity contribution is -0.120. The van der Waals surface area contributed by atoms with E-state index in [1.807, 2.05) is 36.4 Å². The van der Waals surface area contributed by atoms with Gasteiger partial charge in [-0.15, -0.1) is 0 Å². The van der Waals surface area contributed by atoms with Crippen molar-refractivity contribution in [3.05, 3.63) is 83.2 Å². The second kappa shape index (κ2) is 8.55. The first-order valence-corrected chi connectivity index (χ1v) is 10.2. The second-order valence-corrected chi connectivity index (χ2v) is 7.82. The Hall–Kier alpha value is -2.68. The van der Waals surface area contributed by atoms with E-state index in [4.69, 9.17) is 0 Å². The van der Waals surface area contributed by atoms with Crippen LogP contribution in [0.4, 0.5) is 4.39 Å². The predicted molar refractivity (Wildman–Crippen MR) is 112 cm³/mol. The van der Waals surface area contributed by atoms with Crippen LogP contribution in [0.1, 0.15) is 55.2 Å². The summed E-state index contributed by atoms with van der Waals surface area (Å²) in [5.41, 5.74) is 5.03. The molecule has 2 nitrogen and oxygen atoms in total. The Morgan fingerprint density at radius 1 is 1.04 bits per heavy atom. The quantitative estimate of drug-likeness (QED) is 0.693.